The molecular weight excluding hydrogens is 316 g/mol. The summed E-state index contributed by atoms with van der Waals surface area (Å²) in [5.41, 5.74) is 2.18. The van der Waals surface area contributed by atoms with Crippen molar-refractivity contribution < 1.29 is 19.6 Å². The number of nitrogens with two attached hydrogens (primary N) is 1. The van der Waals surface area contributed by atoms with Crippen molar-refractivity contribution in [2.75, 3.05) is 14.2 Å². The van der Waals surface area contributed by atoms with Crippen LogP contribution in [0.15, 0.2) is 48.5 Å². The number of quaternary nitrogens is 1. The van der Waals surface area contributed by atoms with Gasteiger partial charge in [-0.05, 0) is 31.5 Å². The van der Waals surface area contributed by atoms with Crippen LogP contribution in [0.2, 0.25) is 0 Å². The van der Waals surface area contributed by atoms with E-state index in [2.05, 4.69) is 29.7 Å². The Morgan fingerprint density at radius 1 is 1.04 bits per heavy atom. The van der Waals surface area contributed by atoms with Gasteiger partial charge in [-0.15, -0.1) is 0 Å². The zero-order chi connectivity index (χ0) is 18.2. The summed E-state index contributed by atoms with van der Waals surface area (Å²) in [6.45, 7) is 4.48. The fraction of sp³-hybridized carbons (Fsp3) is 0.350. The van der Waals surface area contributed by atoms with E-state index in [0.29, 0.717) is 18.0 Å². The largest absolute Gasteiger partial charge is 0.493 e. The molecule has 2 rings (SSSR count). The molecule has 0 saturated heterocycles. The van der Waals surface area contributed by atoms with E-state index in [1.165, 1.54) is 5.56 Å². The lowest BCUT2D eigenvalue weighted by molar-refractivity contribution is -0.710. The SMILES string of the molecule is COc1ccc(CNC(=O)[C@H](C)[NH2+][C@@H](C)c2ccccc2)cc1OC. The Balaban J connectivity index is 1.89. The highest BCUT2D eigenvalue weighted by Crippen LogP contribution is 2.27. The maximum Gasteiger partial charge on any atom is 0.278 e. The van der Waals surface area contributed by atoms with Gasteiger partial charge < -0.3 is 20.1 Å². The molecule has 0 aliphatic heterocycles. The molecule has 0 spiro atoms. The minimum Gasteiger partial charge on any atom is -0.493 e. The average Bonchev–Trinajstić information content (AvgIpc) is 2.66. The monoisotopic (exact) mass is 343 g/mol. The number of nitrogens with one attached hydrogen (secondary N) is 1. The number of rotatable bonds is 8. The van der Waals surface area contributed by atoms with E-state index < -0.39 is 0 Å². The fourth-order valence-electron chi connectivity index (χ4n) is 2.73. The molecule has 0 aromatic heterocycles. The molecule has 0 heterocycles. The van der Waals surface area contributed by atoms with E-state index in [-0.39, 0.29) is 18.0 Å². The molecule has 1 amide bonds. The molecule has 2 aromatic rings. The van der Waals surface area contributed by atoms with Crippen LogP contribution in [0.3, 0.4) is 0 Å². The summed E-state index contributed by atoms with van der Waals surface area (Å²) in [7, 11) is 3.20. The zero-order valence-corrected chi connectivity index (χ0v) is 15.3. The number of ether oxygens (including phenoxy) is 2. The summed E-state index contributed by atoms with van der Waals surface area (Å²) in [5.74, 6) is 1.35. The van der Waals surface area contributed by atoms with Crippen molar-refractivity contribution >= 4 is 5.91 Å². The molecule has 5 heteroatoms. The first-order valence-electron chi connectivity index (χ1n) is 8.43. The Bertz CT molecular complexity index is 689. The van der Waals surface area contributed by atoms with Crippen molar-refractivity contribution in [2.45, 2.75) is 32.5 Å². The molecule has 2 atom stereocenters. The van der Waals surface area contributed by atoms with Crippen LogP contribution in [0, 0.1) is 0 Å². The third-order valence-corrected chi connectivity index (χ3v) is 4.23. The Hall–Kier alpha value is -2.53. The number of amides is 1. The van der Waals surface area contributed by atoms with Crippen molar-refractivity contribution in [3.05, 3.63) is 59.7 Å². The van der Waals surface area contributed by atoms with E-state index in [9.17, 15) is 4.79 Å². The minimum absolute atomic E-state index is 0.0116. The van der Waals surface area contributed by atoms with Crippen LogP contribution in [0.4, 0.5) is 0 Å². The topological polar surface area (TPSA) is 64.2 Å². The lowest BCUT2D eigenvalue weighted by Crippen LogP contribution is -2.92. The second-order valence-corrected chi connectivity index (χ2v) is 6.09. The Morgan fingerprint density at radius 3 is 2.36 bits per heavy atom. The second kappa shape index (κ2) is 9.08. The molecule has 134 valence electrons. The number of hydrogen-bond acceptors (Lipinski definition) is 3. The van der Waals surface area contributed by atoms with Gasteiger partial charge >= 0.3 is 0 Å². The quantitative estimate of drug-likeness (QED) is 0.771. The van der Waals surface area contributed by atoms with Crippen LogP contribution < -0.4 is 20.1 Å². The van der Waals surface area contributed by atoms with Gasteiger partial charge in [0.2, 0.25) is 0 Å². The molecular formula is C20H27N2O3+. The van der Waals surface area contributed by atoms with Crippen molar-refractivity contribution in [3.8, 4) is 11.5 Å². The van der Waals surface area contributed by atoms with Gasteiger partial charge in [0.1, 0.15) is 6.04 Å². The van der Waals surface area contributed by atoms with Gasteiger partial charge in [0.25, 0.3) is 5.91 Å². The Labute approximate surface area is 149 Å². The van der Waals surface area contributed by atoms with Gasteiger partial charge in [0.05, 0.1) is 14.2 Å². The van der Waals surface area contributed by atoms with Crippen molar-refractivity contribution in [1.29, 1.82) is 0 Å². The molecule has 0 fully saturated rings. The molecule has 5 nitrogen and oxygen atoms in total. The summed E-state index contributed by atoms with van der Waals surface area (Å²) < 4.78 is 10.5. The Kier molecular flexibility index (Phi) is 6.83. The molecule has 0 saturated carbocycles. The first-order valence-corrected chi connectivity index (χ1v) is 8.43. The number of carbonyl (C=O) groups excluding carboxylic acids is 1. The third kappa shape index (κ3) is 5.22. The highest BCUT2D eigenvalue weighted by Gasteiger charge is 2.20. The minimum atomic E-state index is -0.171. The first kappa shape index (κ1) is 18.8. The maximum absolute atomic E-state index is 12.4. The molecule has 0 radical (unpaired) electrons. The summed E-state index contributed by atoms with van der Waals surface area (Å²) in [6, 6.07) is 15.9. The standard InChI is InChI=1S/C20H26N2O3/c1-14(17-8-6-5-7-9-17)22-15(2)20(23)21-13-16-10-11-18(24-3)19(12-16)25-4/h5-12,14-15,22H,13H2,1-4H3,(H,21,23)/p+1/t14-,15-/m0/s1. The smallest absolute Gasteiger partial charge is 0.278 e. The van der Waals surface area contributed by atoms with Crippen LogP contribution in [0.5, 0.6) is 11.5 Å². The summed E-state index contributed by atoms with van der Waals surface area (Å²) in [4.78, 5) is 12.4. The van der Waals surface area contributed by atoms with E-state index in [1.54, 1.807) is 14.2 Å². The summed E-state index contributed by atoms with van der Waals surface area (Å²) >= 11 is 0. The second-order valence-electron chi connectivity index (χ2n) is 6.09. The fourth-order valence-corrected chi connectivity index (χ4v) is 2.73. The van der Waals surface area contributed by atoms with Gasteiger partial charge in [0.15, 0.2) is 17.5 Å². The number of methoxy groups -OCH3 is 2. The third-order valence-electron chi connectivity index (χ3n) is 4.23. The van der Waals surface area contributed by atoms with Gasteiger partial charge in [-0.2, -0.15) is 0 Å². The molecule has 0 aliphatic rings. The van der Waals surface area contributed by atoms with Gasteiger partial charge in [0, 0.05) is 12.1 Å². The van der Waals surface area contributed by atoms with Crippen LogP contribution in [-0.2, 0) is 11.3 Å². The number of benzene rings is 2. The van der Waals surface area contributed by atoms with E-state index in [1.807, 2.05) is 43.3 Å². The zero-order valence-electron chi connectivity index (χ0n) is 15.3. The van der Waals surface area contributed by atoms with Crippen LogP contribution in [0.25, 0.3) is 0 Å². The van der Waals surface area contributed by atoms with Gasteiger partial charge in [-0.25, -0.2) is 0 Å². The molecule has 2 aromatic carbocycles. The van der Waals surface area contributed by atoms with Gasteiger partial charge in [-0.1, -0.05) is 36.4 Å². The lowest BCUT2D eigenvalue weighted by atomic mass is 10.1. The predicted octanol–water partition coefficient (Wildman–Crippen LogP) is 2.03. The van der Waals surface area contributed by atoms with Crippen molar-refractivity contribution in [2.24, 2.45) is 0 Å². The average molecular weight is 343 g/mol. The number of carbonyl (C=O) groups is 1. The normalized spacial score (nSPS) is 13.0. The lowest BCUT2D eigenvalue weighted by Gasteiger charge is -2.17. The van der Waals surface area contributed by atoms with E-state index in [4.69, 9.17) is 9.47 Å². The van der Waals surface area contributed by atoms with E-state index in [0.717, 1.165) is 5.56 Å². The molecule has 0 aliphatic carbocycles. The predicted molar refractivity (Wildman–Crippen MR) is 97.6 cm³/mol. The highest BCUT2D eigenvalue weighted by atomic mass is 16.5. The van der Waals surface area contributed by atoms with Crippen molar-refractivity contribution in [1.82, 2.24) is 5.32 Å². The van der Waals surface area contributed by atoms with Gasteiger partial charge in [-0.3, -0.25) is 4.79 Å². The highest BCUT2D eigenvalue weighted by molar-refractivity contribution is 5.79. The van der Waals surface area contributed by atoms with E-state index >= 15 is 0 Å². The first-order chi connectivity index (χ1) is 12.0. The van der Waals surface area contributed by atoms with Crippen LogP contribution in [-0.4, -0.2) is 26.2 Å². The molecule has 3 N–H and O–H groups in total. The summed E-state index contributed by atoms with van der Waals surface area (Å²) in [6.07, 6.45) is 0. The Morgan fingerprint density at radius 2 is 1.72 bits per heavy atom. The summed E-state index contributed by atoms with van der Waals surface area (Å²) in [5, 5.41) is 5.05. The maximum atomic E-state index is 12.4. The van der Waals surface area contributed by atoms with Crippen LogP contribution >= 0.6 is 0 Å². The molecule has 0 unspecified atom stereocenters. The van der Waals surface area contributed by atoms with Crippen LogP contribution in [0.1, 0.15) is 31.0 Å². The molecule has 0 bridgehead atoms. The molecule has 25 heavy (non-hydrogen) atoms. The van der Waals surface area contributed by atoms with Crippen molar-refractivity contribution in [3.63, 3.8) is 0 Å². The number of hydrogen-bond donors (Lipinski definition) is 2.